The van der Waals surface area contributed by atoms with E-state index in [0.29, 0.717) is 16.1 Å². The number of carbonyl (C=O) groups is 2. The van der Waals surface area contributed by atoms with E-state index in [2.05, 4.69) is 10.3 Å². The van der Waals surface area contributed by atoms with Crippen LogP contribution < -0.4 is 5.32 Å². The number of rotatable bonds is 6. The maximum absolute atomic E-state index is 13.1. The number of aromatic nitrogens is 1. The molecule has 0 saturated carbocycles. The SMILES string of the molecule is O=C(Nc1nc(-c2ccccc2)c(C(=O)c2ccccc2)s1)c1cc([N+](=O)[O-])ccc1Cl. The van der Waals surface area contributed by atoms with Crippen LogP contribution in [0, 0.1) is 10.1 Å². The molecule has 4 rings (SSSR count). The molecule has 1 amide bonds. The predicted molar refractivity (Wildman–Crippen MR) is 123 cm³/mol. The third kappa shape index (κ3) is 4.41. The van der Waals surface area contributed by atoms with Gasteiger partial charge in [-0.25, -0.2) is 4.98 Å². The summed E-state index contributed by atoms with van der Waals surface area (Å²) in [5, 5.41) is 13.9. The Morgan fingerprint density at radius 2 is 1.62 bits per heavy atom. The number of thiazole rings is 1. The lowest BCUT2D eigenvalue weighted by Crippen LogP contribution is -2.12. The second-order valence-corrected chi connectivity index (χ2v) is 8.04. The molecular formula is C23H14ClN3O4S. The summed E-state index contributed by atoms with van der Waals surface area (Å²) in [7, 11) is 0. The monoisotopic (exact) mass is 463 g/mol. The van der Waals surface area contributed by atoms with Crippen molar-refractivity contribution in [1.82, 2.24) is 4.98 Å². The predicted octanol–water partition coefficient (Wildman–Crippen LogP) is 5.86. The average Bonchev–Trinajstić information content (AvgIpc) is 3.23. The van der Waals surface area contributed by atoms with E-state index in [9.17, 15) is 19.7 Å². The number of hydrogen-bond donors (Lipinski definition) is 1. The summed E-state index contributed by atoms with van der Waals surface area (Å²) in [5.41, 5.74) is 1.33. The van der Waals surface area contributed by atoms with Crippen LogP contribution >= 0.6 is 22.9 Å². The Kier molecular flexibility index (Phi) is 6.07. The fraction of sp³-hybridized carbons (Fsp3) is 0. The Labute approximate surface area is 191 Å². The van der Waals surface area contributed by atoms with Crippen LogP contribution in [-0.4, -0.2) is 21.6 Å². The first-order valence-electron chi connectivity index (χ1n) is 9.35. The molecule has 32 heavy (non-hydrogen) atoms. The van der Waals surface area contributed by atoms with Crippen LogP contribution in [0.2, 0.25) is 5.02 Å². The Morgan fingerprint density at radius 3 is 2.28 bits per heavy atom. The summed E-state index contributed by atoms with van der Waals surface area (Å²) in [6.45, 7) is 0. The minimum atomic E-state index is -0.661. The first kappa shape index (κ1) is 21.4. The van der Waals surface area contributed by atoms with E-state index in [1.165, 1.54) is 12.1 Å². The lowest BCUT2D eigenvalue weighted by molar-refractivity contribution is -0.384. The molecule has 0 aliphatic rings. The van der Waals surface area contributed by atoms with Gasteiger partial charge in [-0.15, -0.1) is 0 Å². The molecule has 0 radical (unpaired) electrons. The smallest absolute Gasteiger partial charge is 0.270 e. The number of amides is 1. The molecular weight excluding hydrogens is 450 g/mol. The molecule has 4 aromatic rings. The van der Waals surface area contributed by atoms with Gasteiger partial charge in [-0.3, -0.25) is 25.0 Å². The van der Waals surface area contributed by atoms with Gasteiger partial charge in [0.25, 0.3) is 11.6 Å². The van der Waals surface area contributed by atoms with E-state index in [0.717, 1.165) is 23.0 Å². The van der Waals surface area contributed by atoms with E-state index >= 15 is 0 Å². The number of nitro groups is 1. The van der Waals surface area contributed by atoms with Gasteiger partial charge in [-0.1, -0.05) is 83.6 Å². The topological polar surface area (TPSA) is 102 Å². The minimum Gasteiger partial charge on any atom is -0.298 e. The zero-order valence-corrected chi connectivity index (χ0v) is 17.9. The van der Waals surface area contributed by atoms with Gasteiger partial charge in [-0.2, -0.15) is 0 Å². The van der Waals surface area contributed by atoms with Crippen LogP contribution in [0.5, 0.6) is 0 Å². The van der Waals surface area contributed by atoms with Gasteiger partial charge in [0.05, 0.1) is 21.2 Å². The summed E-state index contributed by atoms with van der Waals surface area (Å²) < 4.78 is 0. The summed E-state index contributed by atoms with van der Waals surface area (Å²) >= 11 is 7.10. The lowest BCUT2D eigenvalue weighted by Gasteiger charge is -2.04. The summed E-state index contributed by atoms with van der Waals surface area (Å²) in [6.07, 6.45) is 0. The van der Waals surface area contributed by atoms with E-state index < -0.39 is 10.8 Å². The lowest BCUT2D eigenvalue weighted by atomic mass is 10.1. The number of nitro benzene ring substituents is 1. The van der Waals surface area contributed by atoms with Crippen molar-refractivity contribution in [1.29, 1.82) is 0 Å². The van der Waals surface area contributed by atoms with Gasteiger partial charge >= 0.3 is 0 Å². The average molecular weight is 464 g/mol. The van der Waals surface area contributed by atoms with Crippen molar-refractivity contribution >= 4 is 45.4 Å². The van der Waals surface area contributed by atoms with Gasteiger partial charge in [-0.05, 0) is 6.07 Å². The molecule has 158 valence electrons. The summed E-state index contributed by atoms with van der Waals surface area (Å²) in [5.74, 6) is -0.887. The molecule has 3 aromatic carbocycles. The molecule has 0 fully saturated rings. The first-order chi connectivity index (χ1) is 15.4. The number of halogens is 1. The maximum atomic E-state index is 13.1. The fourth-order valence-electron chi connectivity index (χ4n) is 3.01. The fourth-order valence-corrected chi connectivity index (χ4v) is 4.15. The highest BCUT2D eigenvalue weighted by Gasteiger charge is 2.23. The highest BCUT2D eigenvalue weighted by molar-refractivity contribution is 7.18. The second kappa shape index (κ2) is 9.09. The largest absolute Gasteiger partial charge is 0.298 e. The first-order valence-corrected chi connectivity index (χ1v) is 10.5. The van der Waals surface area contributed by atoms with Crippen LogP contribution in [0.1, 0.15) is 25.6 Å². The second-order valence-electron chi connectivity index (χ2n) is 6.63. The van der Waals surface area contributed by atoms with Crippen molar-refractivity contribution in [2.75, 3.05) is 5.32 Å². The van der Waals surface area contributed by atoms with E-state index in [1.807, 2.05) is 36.4 Å². The van der Waals surface area contributed by atoms with Crippen molar-refractivity contribution in [2.45, 2.75) is 0 Å². The number of hydrogen-bond acceptors (Lipinski definition) is 6. The van der Waals surface area contributed by atoms with Crippen LogP contribution in [0.4, 0.5) is 10.8 Å². The Balaban J connectivity index is 1.72. The van der Waals surface area contributed by atoms with Gasteiger partial charge < -0.3 is 0 Å². The van der Waals surface area contributed by atoms with Crippen LogP contribution in [0.15, 0.2) is 78.9 Å². The van der Waals surface area contributed by atoms with Crippen molar-refractivity contribution < 1.29 is 14.5 Å². The summed E-state index contributed by atoms with van der Waals surface area (Å²) in [6, 6.07) is 21.5. The van der Waals surface area contributed by atoms with Crippen molar-refractivity contribution in [3.05, 3.63) is 110 Å². The molecule has 1 heterocycles. The third-order valence-corrected chi connectivity index (χ3v) is 5.84. The number of benzene rings is 3. The van der Waals surface area contributed by atoms with Gasteiger partial charge in [0, 0.05) is 23.3 Å². The van der Waals surface area contributed by atoms with Crippen molar-refractivity contribution in [3.63, 3.8) is 0 Å². The van der Waals surface area contributed by atoms with Crippen molar-refractivity contribution in [3.8, 4) is 11.3 Å². The third-order valence-electron chi connectivity index (χ3n) is 4.54. The van der Waals surface area contributed by atoms with Crippen LogP contribution in [-0.2, 0) is 0 Å². The number of non-ortho nitro benzene ring substituents is 1. The zero-order chi connectivity index (χ0) is 22.7. The number of nitrogens with zero attached hydrogens (tertiary/aromatic N) is 2. The van der Waals surface area contributed by atoms with E-state index in [-0.39, 0.29) is 27.2 Å². The normalized spacial score (nSPS) is 10.5. The molecule has 0 atom stereocenters. The highest BCUT2D eigenvalue weighted by atomic mass is 35.5. The quantitative estimate of drug-likeness (QED) is 0.219. The minimum absolute atomic E-state index is 0.0618. The molecule has 0 aliphatic heterocycles. The zero-order valence-electron chi connectivity index (χ0n) is 16.3. The number of anilines is 1. The Morgan fingerprint density at radius 1 is 0.969 bits per heavy atom. The molecule has 1 N–H and O–H groups in total. The Hall–Kier alpha value is -3.88. The number of ketones is 1. The van der Waals surface area contributed by atoms with Gasteiger partial charge in [0.2, 0.25) is 5.78 Å². The molecule has 0 aliphatic carbocycles. The molecule has 0 unspecified atom stereocenters. The van der Waals surface area contributed by atoms with Gasteiger partial charge in [0.15, 0.2) is 5.13 Å². The van der Waals surface area contributed by atoms with Gasteiger partial charge in [0.1, 0.15) is 4.88 Å². The molecule has 1 aromatic heterocycles. The summed E-state index contributed by atoms with van der Waals surface area (Å²) in [4.78, 5) is 41.2. The molecule has 0 bridgehead atoms. The number of carbonyl (C=O) groups excluding carboxylic acids is 2. The Bertz CT molecular complexity index is 1320. The van der Waals surface area contributed by atoms with Crippen LogP contribution in [0.3, 0.4) is 0 Å². The number of nitrogens with one attached hydrogen (secondary N) is 1. The molecule has 0 spiro atoms. The molecule has 7 nitrogen and oxygen atoms in total. The highest BCUT2D eigenvalue weighted by Crippen LogP contribution is 2.33. The van der Waals surface area contributed by atoms with Crippen LogP contribution in [0.25, 0.3) is 11.3 Å². The van der Waals surface area contributed by atoms with E-state index in [1.54, 1.807) is 24.3 Å². The van der Waals surface area contributed by atoms with E-state index in [4.69, 9.17) is 11.6 Å². The van der Waals surface area contributed by atoms with Crippen molar-refractivity contribution in [2.24, 2.45) is 0 Å². The molecule has 0 saturated heterocycles. The maximum Gasteiger partial charge on any atom is 0.270 e. The molecule has 9 heteroatoms. The standard InChI is InChI=1S/C23H14ClN3O4S/c24-18-12-11-16(27(30)31)13-17(18)22(29)26-23-25-19(14-7-3-1-4-8-14)21(32-23)20(28)15-9-5-2-6-10-15/h1-13H,(H,25,26,29).